The van der Waals surface area contributed by atoms with E-state index < -0.39 is 0 Å². The SMILES string of the molecule is O=C1NC[C@@H]2CN(c3ncc(-c4ccc5nc6n(c5n4)[C@@H]4CN(Cc5ccccc54)C6)cn3)CCN12. The lowest BCUT2D eigenvalue weighted by Gasteiger charge is -2.39. The zero-order valence-electron chi connectivity index (χ0n) is 19.7. The second kappa shape index (κ2) is 7.47. The van der Waals surface area contributed by atoms with E-state index in [2.05, 4.69) is 60.0 Å². The van der Waals surface area contributed by atoms with E-state index in [-0.39, 0.29) is 18.1 Å². The Labute approximate surface area is 207 Å². The van der Waals surface area contributed by atoms with Gasteiger partial charge in [-0.3, -0.25) is 4.90 Å². The first-order valence-electron chi connectivity index (χ1n) is 12.5. The number of benzene rings is 1. The Morgan fingerprint density at radius 2 is 1.83 bits per heavy atom. The Hall–Kier alpha value is -4.05. The molecule has 8 rings (SSSR count). The van der Waals surface area contributed by atoms with Crippen LogP contribution in [0.25, 0.3) is 22.4 Å². The topological polar surface area (TPSA) is 95.3 Å². The molecule has 0 spiro atoms. The number of amides is 2. The number of hydrogen-bond donors (Lipinski definition) is 1. The van der Waals surface area contributed by atoms with Gasteiger partial charge >= 0.3 is 6.03 Å². The first kappa shape index (κ1) is 20.2. The number of carbonyl (C=O) groups excluding carboxylic acids is 1. The molecule has 10 heteroatoms. The van der Waals surface area contributed by atoms with Gasteiger partial charge in [-0.1, -0.05) is 24.3 Å². The fourth-order valence-electron chi connectivity index (χ4n) is 6.22. The fraction of sp³-hybridized carbons (Fsp3) is 0.346. The highest BCUT2D eigenvalue weighted by Crippen LogP contribution is 2.37. The van der Waals surface area contributed by atoms with Crippen LogP contribution in [0.5, 0.6) is 0 Å². The maximum absolute atomic E-state index is 11.9. The third kappa shape index (κ3) is 2.97. The Morgan fingerprint density at radius 3 is 2.75 bits per heavy atom. The van der Waals surface area contributed by atoms with Gasteiger partial charge in [0.25, 0.3) is 0 Å². The van der Waals surface area contributed by atoms with Crippen molar-refractivity contribution in [2.45, 2.75) is 25.2 Å². The lowest BCUT2D eigenvalue weighted by atomic mass is 9.93. The normalized spacial score (nSPS) is 24.3. The van der Waals surface area contributed by atoms with Crippen molar-refractivity contribution in [3.05, 3.63) is 65.7 Å². The van der Waals surface area contributed by atoms with Crippen LogP contribution in [0.1, 0.15) is 23.0 Å². The molecule has 0 aliphatic carbocycles. The molecule has 4 aliphatic heterocycles. The predicted molar refractivity (Wildman–Crippen MR) is 133 cm³/mol. The summed E-state index contributed by atoms with van der Waals surface area (Å²) in [4.78, 5) is 37.8. The number of imidazole rings is 1. The monoisotopic (exact) mass is 479 g/mol. The molecule has 10 nitrogen and oxygen atoms in total. The Balaban J connectivity index is 1.12. The summed E-state index contributed by atoms with van der Waals surface area (Å²) in [5, 5.41) is 2.92. The summed E-state index contributed by atoms with van der Waals surface area (Å²) in [6, 6.07) is 13.2. The number of aromatic nitrogens is 5. The lowest BCUT2D eigenvalue weighted by Crippen LogP contribution is -2.52. The minimum absolute atomic E-state index is 0.0314. The molecule has 3 aromatic heterocycles. The minimum Gasteiger partial charge on any atom is -0.337 e. The van der Waals surface area contributed by atoms with Crippen LogP contribution in [0, 0.1) is 0 Å². The van der Waals surface area contributed by atoms with E-state index >= 15 is 0 Å². The molecule has 2 saturated heterocycles. The van der Waals surface area contributed by atoms with Crippen LogP contribution < -0.4 is 10.2 Å². The molecule has 4 aliphatic rings. The van der Waals surface area contributed by atoms with E-state index in [1.807, 2.05) is 23.4 Å². The number of pyridine rings is 1. The molecule has 2 amide bonds. The van der Waals surface area contributed by atoms with Gasteiger partial charge in [0.2, 0.25) is 5.95 Å². The third-order valence-electron chi connectivity index (χ3n) is 7.98. The van der Waals surface area contributed by atoms with Crippen molar-refractivity contribution in [3.8, 4) is 11.3 Å². The number of nitrogens with zero attached hydrogens (tertiary/aromatic N) is 8. The van der Waals surface area contributed by atoms with Crippen molar-refractivity contribution in [1.29, 1.82) is 0 Å². The van der Waals surface area contributed by atoms with Crippen LogP contribution in [-0.4, -0.2) is 79.1 Å². The van der Waals surface area contributed by atoms with Gasteiger partial charge in [-0.15, -0.1) is 0 Å². The molecule has 1 N–H and O–H groups in total. The molecule has 7 heterocycles. The van der Waals surface area contributed by atoms with Crippen molar-refractivity contribution in [2.75, 3.05) is 37.6 Å². The number of urea groups is 1. The van der Waals surface area contributed by atoms with E-state index in [0.29, 0.717) is 19.0 Å². The smallest absolute Gasteiger partial charge is 0.317 e. The van der Waals surface area contributed by atoms with E-state index in [9.17, 15) is 4.79 Å². The maximum Gasteiger partial charge on any atom is 0.317 e. The van der Waals surface area contributed by atoms with Crippen LogP contribution >= 0.6 is 0 Å². The molecule has 180 valence electrons. The number of piperazine rings is 1. The Kier molecular flexibility index (Phi) is 4.19. The number of fused-ring (bicyclic) bond motifs is 9. The van der Waals surface area contributed by atoms with Crippen molar-refractivity contribution in [3.63, 3.8) is 0 Å². The standard InChI is InChI=1S/C26H25N9O/c36-26-29-11-18-13-33(7-8-34(18)26)25-27-9-17(10-28-25)20-5-6-21-24(31-20)35-22-14-32(15-23(35)30-21)12-16-3-1-2-4-19(16)22/h1-6,9-10,18,22H,7-8,11-15H2,(H,29,36)/t18-,22-/m1/s1. The van der Waals surface area contributed by atoms with Crippen molar-refractivity contribution < 1.29 is 4.79 Å². The van der Waals surface area contributed by atoms with Crippen LogP contribution in [0.2, 0.25) is 0 Å². The lowest BCUT2D eigenvalue weighted by molar-refractivity contribution is 0.173. The summed E-state index contributed by atoms with van der Waals surface area (Å²) in [6.45, 7) is 5.63. The molecule has 2 fully saturated rings. The molecule has 0 saturated carbocycles. The first-order valence-corrected chi connectivity index (χ1v) is 12.5. The quantitative estimate of drug-likeness (QED) is 0.470. The highest BCUT2D eigenvalue weighted by atomic mass is 16.2. The number of hydrogen-bond acceptors (Lipinski definition) is 7. The van der Waals surface area contributed by atoms with E-state index in [1.54, 1.807) is 0 Å². The fourth-order valence-corrected chi connectivity index (χ4v) is 6.22. The highest BCUT2D eigenvalue weighted by molar-refractivity contribution is 5.78. The largest absolute Gasteiger partial charge is 0.337 e. The molecular weight excluding hydrogens is 454 g/mol. The van der Waals surface area contributed by atoms with Gasteiger partial charge in [0, 0.05) is 57.2 Å². The summed E-state index contributed by atoms with van der Waals surface area (Å²) < 4.78 is 2.33. The van der Waals surface area contributed by atoms with Gasteiger partial charge in [0.05, 0.1) is 24.3 Å². The summed E-state index contributed by atoms with van der Waals surface area (Å²) in [6.07, 6.45) is 3.71. The second-order valence-corrected chi connectivity index (χ2v) is 10.1. The van der Waals surface area contributed by atoms with Gasteiger partial charge in [0.1, 0.15) is 11.3 Å². The van der Waals surface area contributed by atoms with Gasteiger partial charge in [-0.05, 0) is 23.3 Å². The zero-order chi connectivity index (χ0) is 23.8. The van der Waals surface area contributed by atoms with E-state index in [4.69, 9.17) is 9.97 Å². The molecule has 3 atom stereocenters. The highest BCUT2D eigenvalue weighted by Gasteiger charge is 2.37. The van der Waals surface area contributed by atoms with E-state index in [1.165, 1.54) is 11.1 Å². The molecular formula is C26H25N9O. The summed E-state index contributed by atoms with van der Waals surface area (Å²) in [5.41, 5.74) is 6.33. The van der Waals surface area contributed by atoms with Crippen LogP contribution in [0.15, 0.2) is 48.8 Å². The van der Waals surface area contributed by atoms with Gasteiger partial charge < -0.3 is 19.7 Å². The molecule has 1 unspecified atom stereocenters. The van der Waals surface area contributed by atoms with Crippen molar-refractivity contribution >= 4 is 23.1 Å². The van der Waals surface area contributed by atoms with Crippen LogP contribution in [-0.2, 0) is 13.1 Å². The van der Waals surface area contributed by atoms with Crippen LogP contribution in [0.3, 0.4) is 0 Å². The summed E-state index contributed by atoms with van der Waals surface area (Å²) in [5.74, 6) is 1.77. The summed E-state index contributed by atoms with van der Waals surface area (Å²) >= 11 is 0. The molecule has 4 aromatic rings. The number of anilines is 1. The second-order valence-electron chi connectivity index (χ2n) is 10.1. The van der Waals surface area contributed by atoms with Gasteiger partial charge in [-0.25, -0.2) is 24.7 Å². The third-order valence-corrected chi connectivity index (χ3v) is 7.98. The van der Waals surface area contributed by atoms with E-state index in [0.717, 1.165) is 61.0 Å². The van der Waals surface area contributed by atoms with Gasteiger partial charge in [0.15, 0.2) is 5.65 Å². The first-order chi connectivity index (χ1) is 17.7. The minimum atomic E-state index is 0.0314. The average molecular weight is 480 g/mol. The maximum atomic E-state index is 11.9. The van der Waals surface area contributed by atoms with Crippen LogP contribution in [0.4, 0.5) is 10.7 Å². The molecule has 36 heavy (non-hydrogen) atoms. The Bertz CT molecular complexity index is 1510. The number of rotatable bonds is 2. The molecule has 2 bridgehead atoms. The Morgan fingerprint density at radius 1 is 0.944 bits per heavy atom. The average Bonchev–Trinajstić information content (AvgIpc) is 3.48. The van der Waals surface area contributed by atoms with Gasteiger partial charge in [-0.2, -0.15) is 0 Å². The number of carbonyl (C=O) groups is 1. The molecule has 1 aromatic carbocycles. The molecule has 0 radical (unpaired) electrons. The predicted octanol–water partition coefficient (Wildman–Crippen LogP) is 2.02. The summed E-state index contributed by atoms with van der Waals surface area (Å²) in [7, 11) is 0. The van der Waals surface area contributed by atoms with Crippen molar-refractivity contribution in [1.82, 2.24) is 39.6 Å². The number of nitrogens with one attached hydrogen (secondary N) is 1. The van der Waals surface area contributed by atoms with Crippen molar-refractivity contribution in [2.24, 2.45) is 0 Å². The zero-order valence-corrected chi connectivity index (χ0v) is 19.7.